The average Bonchev–Trinajstić information content (AvgIpc) is 2.48. The lowest BCUT2D eigenvalue weighted by atomic mass is 9.93. The van der Waals surface area contributed by atoms with Gasteiger partial charge in [-0.1, -0.05) is 20.8 Å². The zero-order valence-electron chi connectivity index (χ0n) is 9.55. The van der Waals surface area contributed by atoms with Crippen LogP contribution in [0, 0.1) is 11.3 Å². The first-order valence-corrected chi connectivity index (χ1v) is 5.49. The molecule has 1 saturated heterocycles. The predicted molar refractivity (Wildman–Crippen MR) is 57.8 cm³/mol. The fourth-order valence-electron chi connectivity index (χ4n) is 2.00. The van der Waals surface area contributed by atoms with E-state index in [0.717, 1.165) is 25.9 Å². The molecule has 0 aromatic heterocycles. The molecule has 1 fully saturated rings. The summed E-state index contributed by atoms with van der Waals surface area (Å²) >= 11 is 0. The number of nitrogens with two attached hydrogens (primary N) is 1. The van der Waals surface area contributed by atoms with Crippen molar-refractivity contribution in [1.29, 1.82) is 0 Å². The van der Waals surface area contributed by atoms with Crippen LogP contribution in [0.3, 0.4) is 0 Å². The first-order valence-electron chi connectivity index (χ1n) is 5.49. The molecule has 1 unspecified atom stereocenters. The highest BCUT2D eigenvalue weighted by Gasteiger charge is 2.33. The molecule has 0 aromatic carbocycles. The molecule has 0 aromatic rings. The predicted octanol–water partition coefficient (Wildman–Crippen LogP) is 1.23. The van der Waals surface area contributed by atoms with E-state index in [0.29, 0.717) is 12.0 Å². The molecule has 0 aliphatic carbocycles. The zero-order chi connectivity index (χ0) is 10.8. The summed E-state index contributed by atoms with van der Waals surface area (Å²) in [5.41, 5.74) is 5.87. The maximum atomic E-state index is 11.9. The molecule has 0 bridgehead atoms. The molecule has 1 heterocycles. The molecule has 2 N–H and O–H groups in total. The molecule has 14 heavy (non-hydrogen) atoms. The van der Waals surface area contributed by atoms with E-state index in [-0.39, 0.29) is 11.8 Å². The highest BCUT2D eigenvalue weighted by Crippen LogP contribution is 2.29. The Labute approximate surface area is 86.6 Å². The number of rotatable bonds is 3. The second-order valence-electron chi connectivity index (χ2n) is 5.01. The maximum Gasteiger partial charge on any atom is 0.226 e. The normalized spacial score (nSPS) is 22.4. The van der Waals surface area contributed by atoms with Gasteiger partial charge in [-0.2, -0.15) is 0 Å². The van der Waals surface area contributed by atoms with Crippen LogP contribution in [0.2, 0.25) is 0 Å². The van der Waals surface area contributed by atoms with Crippen LogP contribution in [0.15, 0.2) is 0 Å². The molecule has 1 aliphatic heterocycles. The number of hydrogen-bond donors (Lipinski definition) is 1. The van der Waals surface area contributed by atoms with E-state index in [1.54, 1.807) is 0 Å². The highest BCUT2D eigenvalue weighted by molar-refractivity contribution is 5.79. The van der Waals surface area contributed by atoms with Gasteiger partial charge in [0.2, 0.25) is 5.91 Å². The standard InChI is InChI=1S/C11H22N2O/c1-4-9(7-12)10(14)13-6-5-11(2,3)8-13/h9H,4-8,12H2,1-3H3. The van der Waals surface area contributed by atoms with Crippen LogP contribution in [-0.4, -0.2) is 30.4 Å². The van der Waals surface area contributed by atoms with Crippen LogP contribution in [0.4, 0.5) is 0 Å². The first-order chi connectivity index (χ1) is 6.50. The summed E-state index contributed by atoms with van der Waals surface area (Å²) in [7, 11) is 0. The third-order valence-corrected chi connectivity index (χ3v) is 3.12. The van der Waals surface area contributed by atoms with E-state index in [9.17, 15) is 4.79 Å². The van der Waals surface area contributed by atoms with Crippen molar-refractivity contribution in [3.63, 3.8) is 0 Å². The van der Waals surface area contributed by atoms with Gasteiger partial charge in [-0.15, -0.1) is 0 Å². The fourth-order valence-corrected chi connectivity index (χ4v) is 2.00. The van der Waals surface area contributed by atoms with Crippen LogP contribution < -0.4 is 5.73 Å². The van der Waals surface area contributed by atoms with E-state index in [1.165, 1.54) is 0 Å². The van der Waals surface area contributed by atoms with Crippen LogP contribution in [0.1, 0.15) is 33.6 Å². The Hall–Kier alpha value is -0.570. The van der Waals surface area contributed by atoms with Gasteiger partial charge >= 0.3 is 0 Å². The second kappa shape index (κ2) is 4.30. The molecular formula is C11H22N2O. The molecule has 1 amide bonds. The summed E-state index contributed by atoms with van der Waals surface area (Å²) in [5, 5.41) is 0. The third-order valence-electron chi connectivity index (χ3n) is 3.12. The van der Waals surface area contributed by atoms with Gasteiger partial charge in [-0.3, -0.25) is 4.79 Å². The molecule has 1 aliphatic rings. The van der Waals surface area contributed by atoms with E-state index in [2.05, 4.69) is 13.8 Å². The number of nitrogens with zero attached hydrogens (tertiary/aromatic N) is 1. The van der Waals surface area contributed by atoms with Crippen molar-refractivity contribution in [3.05, 3.63) is 0 Å². The van der Waals surface area contributed by atoms with Crippen molar-refractivity contribution in [1.82, 2.24) is 4.90 Å². The van der Waals surface area contributed by atoms with Gasteiger partial charge in [-0.05, 0) is 18.3 Å². The van der Waals surface area contributed by atoms with Crippen LogP contribution in [0.5, 0.6) is 0 Å². The molecule has 0 saturated carbocycles. The number of hydrogen-bond acceptors (Lipinski definition) is 2. The molecule has 0 spiro atoms. The highest BCUT2D eigenvalue weighted by atomic mass is 16.2. The van der Waals surface area contributed by atoms with Gasteiger partial charge in [0, 0.05) is 19.6 Å². The Bertz CT molecular complexity index is 209. The monoisotopic (exact) mass is 198 g/mol. The van der Waals surface area contributed by atoms with Crippen molar-refractivity contribution in [3.8, 4) is 0 Å². The molecule has 3 heteroatoms. The Morgan fingerprint density at radius 3 is 2.57 bits per heavy atom. The molecule has 0 radical (unpaired) electrons. The molecule has 1 atom stereocenters. The van der Waals surface area contributed by atoms with Crippen molar-refractivity contribution >= 4 is 5.91 Å². The fraction of sp³-hybridized carbons (Fsp3) is 0.909. The maximum absolute atomic E-state index is 11.9. The van der Waals surface area contributed by atoms with E-state index >= 15 is 0 Å². The number of likely N-dealkylation sites (tertiary alicyclic amines) is 1. The molecule has 82 valence electrons. The van der Waals surface area contributed by atoms with Crippen LogP contribution in [-0.2, 0) is 4.79 Å². The molecule has 3 nitrogen and oxygen atoms in total. The average molecular weight is 198 g/mol. The second-order valence-corrected chi connectivity index (χ2v) is 5.01. The van der Waals surface area contributed by atoms with Crippen LogP contribution in [0.25, 0.3) is 0 Å². The molecular weight excluding hydrogens is 176 g/mol. The minimum Gasteiger partial charge on any atom is -0.342 e. The Balaban J connectivity index is 2.54. The lowest BCUT2D eigenvalue weighted by Crippen LogP contribution is -2.38. The van der Waals surface area contributed by atoms with Crippen molar-refractivity contribution in [2.75, 3.05) is 19.6 Å². The topological polar surface area (TPSA) is 46.3 Å². The van der Waals surface area contributed by atoms with E-state index < -0.39 is 0 Å². The number of amides is 1. The lowest BCUT2D eigenvalue weighted by Gasteiger charge is -2.23. The quantitative estimate of drug-likeness (QED) is 0.741. The van der Waals surface area contributed by atoms with Gasteiger partial charge in [0.05, 0.1) is 5.92 Å². The Morgan fingerprint density at radius 1 is 1.57 bits per heavy atom. The summed E-state index contributed by atoms with van der Waals surface area (Å²) in [4.78, 5) is 13.9. The summed E-state index contributed by atoms with van der Waals surface area (Å²) in [5.74, 6) is 0.282. The zero-order valence-corrected chi connectivity index (χ0v) is 9.55. The van der Waals surface area contributed by atoms with Gasteiger partial charge in [-0.25, -0.2) is 0 Å². The summed E-state index contributed by atoms with van der Waals surface area (Å²) in [6, 6.07) is 0. The largest absolute Gasteiger partial charge is 0.342 e. The van der Waals surface area contributed by atoms with Crippen molar-refractivity contribution in [2.24, 2.45) is 17.1 Å². The van der Waals surface area contributed by atoms with Gasteiger partial charge in [0.25, 0.3) is 0 Å². The van der Waals surface area contributed by atoms with E-state index in [1.807, 2.05) is 11.8 Å². The Kier molecular flexibility index (Phi) is 3.53. The lowest BCUT2D eigenvalue weighted by molar-refractivity contribution is -0.134. The smallest absolute Gasteiger partial charge is 0.226 e. The van der Waals surface area contributed by atoms with E-state index in [4.69, 9.17) is 5.73 Å². The van der Waals surface area contributed by atoms with Gasteiger partial charge < -0.3 is 10.6 Å². The van der Waals surface area contributed by atoms with Crippen LogP contribution >= 0.6 is 0 Å². The summed E-state index contributed by atoms with van der Waals surface area (Å²) < 4.78 is 0. The molecule has 1 rings (SSSR count). The third kappa shape index (κ3) is 2.47. The first kappa shape index (κ1) is 11.5. The van der Waals surface area contributed by atoms with Crippen molar-refractivity contribution in [2.45, 2.75) is 33.6 Å². The number of carbonyl (C=O) groups excluding carboxylic acids is 1. The SMILES string of the molecule is CCC(CN)C(=O)N1CCC(C)(C)C1. The summed E-state index contributed by atoms with van der Waals surface area (Å²) in [6.07, 6.45) is 1.96. The van der Waals surface area contributed by atoms with Gasteiger partial charge in [0.15, 0.2) is 0 Å². The Morgan fingerprint density at radius 2 is 2.21 bits per heavy atom. The van der Waals surface area contributed by atoms with Crippen molar-refractivity contribution < 1.29 is 4.79 Å². The summed E-state index contributed by atoms with van der Waals surface area (Å²) in [6.45, 7) is 8.72. The number of carbonyl (C=O) groups is 1. The minimum atomic E-state index is 0.0314. The minimum absolute atomic E-state index is 0.0314. The van der Waals surface area contributed by atoms with Gasteiger partial charge in [0.1, 0.15) is 0 Å².